The number of rotatable bonds is 7. The van der Waals surface area contributed by atoms with Crippen LogP contribution in [0.5, 0.6) is 0 Å². The number of carbonyl (C=O) groups is 2. The second kappa shape index (κ2) is 7.72. The van der Waals surface area contributed by atoms with E-state index in [0.29, 0.717) is 10.9 Å². The number of aliphatic carboxylic acids is 1. The fourth-order valence-electron chi connectivity index (χ4n) is 1.75. The van der Waals surface area contributed by atoms with E-state index in [1.54, 1.807) is 0 Å². The van der Waals surface area contributed by atoms with Gasteiger partial charge < -0.3 is 10.4 Å². The van der Waals surface area contributed by atoms with Crippen molar-refractivity contribution in [3.05, 3.63) is 38.3 Å². The predicted molar refractivity (Wildman–Crippen MR) is 79.2 cm³/mol. The van der Waals surface area contributed by atoms with Gasteiger partial charge in [0.05, 0.1) is 4.92 Å². The van der Waals surface area contributed by atoms with E-state index in [2.05, 4.69) is 21.2 Å². The van der Waals surface area contributed by atoms with Gasteiger partial charge in [0.1, 0.15) is 11.6 Å². The average molecular weight is 359 g/mol. The highest BCUT2D eigenvalue weighted by Gasteiger charge is 2.25. The summed E-state index contributed by atoms with van der Waals surface area (Å²) >= 11 is 3.09. The first-order valence-electron chi connectivity index (χ1n) is 6.34. The van der Waals surface area contributed by atoms with Gasteiger partial charge in [-0.2, -0.15) is 0 Å². The summed E-state index contributed by atoms with van der Waals surface area (Å²) < 4.78 is 0.464. The summed E-state index contributed by atoms with van der Waals surface area (Å²) in [6, 6.07) is 2.93. The molecule has 0 aliphatic carbocycles. The highest BCUT2D eigenvalue weighted by Crippen LogP contribution is 2.23. The van der Waals surface area contributed by atoms with Crippen LogP contribution in [0.15, 0.2) is 22.7 Å². The lowest BCUT2D eigenvalue weighted by atomic mass is 10.1. The molecule has 1 atom stereocenters. The summed E-state index contributed by atoms with van der Waals surface area (Å²) in [5.41, 5.74) is -0.535. The Hall–Kier alpha value is -1.96. The van der Waals surface area contributed by atoms with Crippen LogP contribution in [0.25, 0.3) is 0 Å². The van der Waals surface area contributed by atoms with E-state index in [1.165, 1.54) is 18.2 Å². The molecule has 0 aromatic heterocycles. The SMILES string of the molecule is CCCC[C@H](NC(=O)c1ccc(Br)cc1[N+](=O)[O-])C(=O)O. The van der Waals surface area contributed by atoms with Crippen LogP contribution in [0.1, 0.15) is 36.5 Å². The molecule has 21 heavy (non-hydrogen) atoms. The van der Waals surface area contributed by atoms with Gasteiger partial charge in [-0.3, -0.25) is 14.9 Å². The zero-order valence-corrected chi connectivity index (χ0v) is 12.9. The lowest BCUT2D eigenvalue weighted by Crippen LogP contribution is -2.40. The van der Waals surface area contributed by atoms with Gasteiger partial charge in [-0.25, -0.2) is 4.79 Å². The van der Waals surface area contributed by atoms with E-state index in [-0.39, 0.29) is 17.7 Å². The highest BCUT2D eigenvalue weighted by molar-refractivity contribution is 9.10. The van der Waals surface area contributed by atoms with Crippen LogP contribution in [-0.2, 0) is 4.79 Å². The van der Waals surface area contributed by atoms with Gasteiger partial charge in [0.15, 0.2) is 0 Å². The fraction of sp³-hybridized carbons (Fsp3) is 0.385. The molecule has 0 aliphatic rings. The average Bonchev–Trinajstić information content (AvgIpc) is 2.42. The Labute approximate surface area is 129 Å². The number of halogens is 1. The zero-order chi connectivity index (χ0) is 16.0. The van der Waals surface area contributed by atoms with Crippen molar-refractivity contribution >= 4 is 33.5 Å². The second-order valence-electron chi connectivity index (χ2n) is 4.43. The lowest BCUT2D eigenvalue weighted by Gasteiger charge is -2.14. The third kappa shape index (κ3) is 4.82. The number of nitro benzene ring substituents is 1. The number of carboxylic acid groups (broad SMARTS) is 1. The maximum absolute atomic E-state index is 12.1. The monoisotopic (exact) mass is 358 g/mol. The van der Waals surface area contributed by atoms with Crippen LogP contribution in [0.4, 0.5) is 5.69 Å². The van der Waals surface area contributed by atoms with Gasteiger partial charge >= 0.3 is 5.97 Å². The lowest BCUT2D eigenvalue weighted by molar-refractivity contribution is -0.385. The largest absolute Gasteiger partial charge is 0.480 e. The minimum Gasteiger partial charge on any atom is -0.480 e. The molecule has 0 aliphatic heterocycles. The Morgan fingerprint density at radius 2 is 2.14 bits per heavy atom. The zero-order valence-electron chi connectivity index (χ0n) is 11.3. The first-order valence-corrected chi connectivity index (χ1v) is 7.13. The van der Waals surface area contributed by atoms with E-state index in [9.17, 15) is 19.7 Å². The van der Waals surface area contributed by atoms with Crippen LogP contribution in [0.2, 0.25) is 0 Å². The smallest absolute Gasteiger partial charge is 0.326 e. The number of unbranched alkanes of at least 4 members (excludes halogenated alkanes) is 1. The Kier molecular flexibility index (Phi) is 6.29. The number of amides is 1. The molecule has 0 fully saturated rings. The molecule has 2 N–H and O–H groups in total. The summed E-state index contributed by atoms with van der Waals surface area (Å²) in [5, 5.41) is 22.3. The summed E-state index contributed by atoms with van der Waals surface area (Å²) in [7, 11) is 0. The molecule has 0 radical (unpaired) electrons. The molecule has 1 amide bonds. The molecule has 114 valence electrons. The van der Waals surface area contributed by atoms with Crippen molar-refractivity contribution in [2.24, 2.45) is 0 Å². The van der Waals surface area contributed by atoms with Crippen molar-refractivity contribution in [3.8, 4) is 0 Å². The minimum atomic E-state index is -1.16. The Balaban J connectivity index is 2.97. The second-order valence-corrected chi connectivity index (χ2v) is 5.34. The molecule has 7 nitrogen and oxygen atoms in total. The molecule has 0 saturated heterocycles. The first kappa shape index (κ1) is 17.1. The van der Waals surface area contributed by atoms with Crippen LogP contribution in [0, 0.1) is 10.1 Å². The molecule has 0 saturated carbocycles. The van der Waals surface area contributed by atoms with E-state index < -0.39 is 22.8 Å². The molecule has 0 heterocycles. The third-order valence-electron chi connectivity index (χ3n) is 2.85. The first-order chi connectivity index (χ1) is 9.86. The van der Waals surface area contributed by atoms with Crippen molar-refractivity contribution in [1.29, 1.82) is 0 Å². The number of nitrogens with zero attached hydrogens (tertiary/aromatic N) is 1. The van der Waals surface area contributed by atoms with Gasteiger partial charge in [0, 0.05) is 10.5 Å². The molecular formula is C13H15BrN2O5. The standard InChI is InChI=1S/C13H15BrN2O5/c1-2-3-4-10(13(18)19)15-12(17)9-6-5-8(14)7-11(9)16(20)21/h5-7,10H,2-4H2,1H3,(H,15,17)(H,18,19)/t10-/m0/s1. The highest BCUT2D eigenvalue weighted by atomic mass is 79.9. The molecule has 0 bridgehead atoms. The van der Waals surface area contributed by atoms with Crippen molar-refractivity contribution in [3.63, 3.8) is 0 Å². The summed E-state index contributed by atoms with van der Waals surface area (Å²) in [6.45, 7) is 1.90. The molecule has 0 spiro atoms. The third-order valence-corrected chi connectivity index (χ3v) is 3.34. The van der Waals surface area contributed by atoms with Gasteiger partial charge in [-0.1, -0.05) is 35.7 Å². The van der Waals surface area contributed by atoms with Crippen molar-refractivity contribution in [1.82, 2.24) is 5.32 Å². The van der Waals surface area contributed by atoms with Gasteiger partial charge in [-0.05, 0) is 18.6 Å². The fourth-order valence-corrected chi connectivity index (χ4v) is 2.10. The summed E-state index contributed by atoms with van der Waals surface area (Å²) in [5.74, 6) is -1.92. The number of hydrogen-bond acceptors (Lipinski definition) is 4. The van der Waals surface area contributed by atoms with Gasteiger partial charge in [0.25, 0.3) is 11.6 Å². The van der Waals surface area contributed by atoms with Gasteiger partial charge in [0.2, 0.25) is 0 Å². The summed E-state index contributed by atoms with van der Waals surface area (Å²) in [4.78, 5) is 33.4. The molecule has 1 rings (SSSR count). The number of carbonyl (C=O) groups excluding carboxylic acids is 1. The maximum Gasteiger partial charge on any atom is 0.326 e. The predicted octanol–water partition coefficient (Wildman–Crippen LogP) is 2.73. The van der Waals surface area contributed by atoms with Gasteiger partial charge in [-0.15, -0.1) is 0 Å². The Morgan fingerprint density at radius 1 is 1.48 bits per heavy atom. The molecule has 1 aromatic rings. The van der Waals surface area contributed by atoms with E-state index >= 15 is 0 Å². The van der Waals surface area contributed by atoms with Crippen LogP contribution < -0.4 is 5.32 Å². The van der Waals surface area contributed by atoms with Crippen molar-refractivity contribution < 1.29 is 19.6 Å². The minimum absolute atomic E-state index is 0.161. The number of nitrogens with one attached hydrogen (secondary N) is 1. The van der Waals surface area contributed by atoms with E-state index in [1.807, 2.05) is 6.92 Å². The number of benzene rings is 1. The number of nitro groups is 1. The van der Waals surface area contributed by atoms with Crippen molar-refractivity contribution in [2.75, 3.05) is 0 Å². The van der Waals surface area contributed by atoms with E-state index in [0.717, 1.165) is 6.42 Å². The topological polar surface area (TPSA) is 110 Å². The molecule has 0 unspecified atom stereocenters. The van der Waals surface area contributed by atoms with Crippen molar-refractivity contribution in [2.45, 2.75) is 32.2 Å². The molecule has 1 aromatic carbocycles. The van der Waals surface area contributed by atoms with Crippen LogP contribution in [0.3, 0.4) is 0 Å². The Morgan fingerprint density at radius 3 is 2.67 bits per heavy atom. The maximum atomic E-state index is 12.1. The van der Waals surface area contributed by atoms with E-state index in [4.69, 9.17) is 5.11 Å². The van der Waals surface area contributed by atoms with Crippen LogP contribution >= 0.6 is 15.9 Å². The normalized spacial score (nSPS) is 11.7. The number of hydrogen-bond donors (Lipinski definition) is 2. The summed E-state index contributed by atoms with van der Waals surface area (Å²) in [6.07, 6.45) is 1.71. The molecular weight excluding hydrogens is 344 g/mol. The molecule has 8 heteroatoms. The Bertz CT molecular complexity index is 561. The quantitative estimate of drug-likeness (QED) is 0.575. The number of carboxylic acids is 1. The van der Waals surface area contributed by atoms with Crippen LogP contribution in [-0.4, -0.2) is 27.9 Å².